The van der Waals surface area contributed by atoms with E-state index in [1.807, 2.05) is 0 Å². The molecule has 0 saturated carbocycles. The first-order valence-electron chi connectivity index (χ1n) is 4.34. The van der Waals surface area contributed by atoms with Crippen molar-refractivity contribution in [2.24, 2.45) is 5.14 Å². The number of benzene rings is 1. The fourth-order valence-corrected chi connectivity index (χ4v) is 2.48. The van der Waals surface area contributed by atoms with Crippen LogP contribution >= 0.6 is 15.9 Å². The Bertz CT molecular complexity index is 770. The second-order valence-corrected chi connectivity index (χ2v) is 5.78. The van der Waals surface area contributed by atoms with E-state index in [0.29, 0.717) is 4.47 Å². The number of H-pyrrole nitrogens is 1. The van der Waals surface area contributed by atoms with Crippen LogP contribution in [0.4, 0.5) is 4.39 Å². The molecule has 3 N–H and O–H groups in total. The lowest BCUT2D eigenvalue weighted by atomic mass is 10.2. The first kappa shape index (κ1) is 12.2. The van der Waals surface area contributed by atoms with E-state index in [1.165, 1.54) is 6.07 Å². The van der Waals surface area contributed by atoms with Crippen molar-refractivity contribution in [1.29, 1.82) is 0 Å². The van der Waals surface area contributed by atoms with Gasteiger partial charge in [-0.1, -0.05) is 15.9 Å². The molecule has 0 saturated heterocycles. The number of nitrogens with one attached hydrogen (secondary N) is 1. The summed E-state index contributed by atoms with van der Waals surface area (Å²) in [6.45, 7) is 0. The monoisotopic (exact) mass is 320 g/mol. The van der Waals surface area contributed by atoms with Crippen LogP contribution in [-0.2, 0) is 10.0 Å². The molecule has 2 aromatic rings. The maximum Gasteiger partial charge on any atom is 0.243 e. The molecule has 5 nitrogen and oxygen atoms in total. The van der Waals surface area contributed by atoms with Crippen LogP contribution < -0.4 is 10.6 Å². The van der Waals surface area contributed by atoms with Crippen LogP contribution in [0, 0.1) is 5.82 Å². The quantitative estimate of drug-likeness (QED) is 0.823. The number of aromatic amines is 1. The molecule has 0 atom stereocenters. The van der Waals surface area contributed by atoms with E-state index >= 15 is 0 Å². The van der Waals surface area contributed by atoms with Gasteiger partial charge in [-0.25, -0.2) is 17.9 Å². The lowest BCUT2D eigenvalue weighted by Crippen LogP contribution is -2.22. The van der Waals surface area contributed by atoms with Crippen molar-refractivity contribution >= 4 is 36.9 Å². The highest BCUT2D eigenvalue weighted by Crippen LogP contribution is 2.20. The number of rotatable bonds is 1. The van der Waals surface area contributed by atoms with Crippen molar-refractivity contribution in [2.45, 2.75) is 4.90 Å². The molecule has 0 radical (unpaired) electrons. The van der Waals surface area contributed by atoms with E-state index in [-0.39, 0.29) is 10.9 Å². The number of hydrogen-bond donors (Lipinski definition) is 2. The molecule has 0 amide bonds. The molecule has 17 heavy (non-hydrogen) atoms. The van der Waals surface area contributed by atoms with Crippen LogP contribution in [-0.4, -0.2) is 13.4 Å². The predicted molar refractivity (Wildman–Crippen MR) is 63.6 cm³/mol. The Morgan fingerprint density at radius 3 is 2.59 bits per heavy atom. The summed E-state index contributed by atoms with van der Waals surface area (Å²) in [6, 6.07) is 2.54. The van der Waals surface area contributed by atoms with Crippen LogP contribution in [0.2, 0.25) is 0 Å². The van der Waals surface area contributed by atoms with Crippen molar-refractivity contribution in [3.05, 3.63) is 38.8 Å². The fraction of sp³-hybridized carbons (Fsp3) is 0. The topological polar surface area (TPSA) is 93.0 Å². The summed E-state index contributed by atoms with van der Waals surface area (Å²) >= 11 is 3.06. The van der Waals surface area contributed by atoms with Gasteiger partial charge in [-0.2, -0.15) is 0 Å². The molecule has 0 aliphatic rings. The van der Waals surface area contributed by atoms with E-state index < -0.39 is 26.2 Å². The second kappa shape index (κ2) is 3.90. The Balaban J connectivity index is 3.01. The van der Waals surface area contributed by atoms with Crippen LogP contribution in [0.1, 0.15) is 0 Å². The third-order valence-electron chi connectivity index (χ3n) is 2.17. The summed E-state index contributed by atoms with van der Waals surface area (Å²) in [7, 11) is -4.17. The molecule has 0 bridgehead atoms. The minimum Gasteiger partial charge on any atom is -0.360 e. The van der Waals surface area contributed by atoms with Gasteiger partial charge >= 0.3 is 0 Å². The number of sulfonamides is 1. The predicted octanol–water partition coefficient (Wildman–Crippen LogP) is 1.08. The van der Waals surface area contributed by atoms with Gasteiger partial charge in [0.25, 0.3) is 0 Å². The number of fused-ring (bicyclic) bond motifs is 1. The Hall–Kier alpha value is -1.25. The van der Waals surface area contributed by atoms with Crippen LogP contribution in [0.5, 0.6) is 0 Å². The van der Waals surface area contributed by atoms with E-state index in [4.69, 9.17) is 5.14 Å². The van der Waals surface area contributed by atoms with Crippen LogP contribution in [0.15, 0.2) is 32.5 Å². The normalized spacial score (nSPS) is 11.9. The highest BCUT2D eigenvalue weighted by molar-refractivity contribution is 9.10. The van der Waals surface area contributed by atoms with Gasteiger partial charge in [0.05, 0.1) is 10.9 Å². The fourth-order valence-electron chi connectivity index (χ4n) is 1.46. The van der Waals surface area contributed by atoms with Crippen LogP contribution in [0.25, 0.3) is 10.9 Å². The maximum atomic E-state index is 13.6. The van der Waals surface area contributed by atoms with Gasteiger partial charge in [-0.3, -0.25) is 4.79 Å². The number of primary sulfonamides is 1. The van der Waals surface area contributed by atoms with E-state index in [2.05, 4.69) is 20.9 Å². The van der Waals surface area contributed by atoms with Gasteiger partial charge in [0.2, 0.25) is 15.5 Å². The molecule has 8 heteroatoms. The van der Waals surface area contributed by atoms with Gasteiger partial charge in [0, 0.05) is 10.7 Å². The molecular formula is C9H6BrFN2O3S. The van der Waals surface area contributed by atoms with Crippen LogP contribution in [0.3, 0.4) is 0 Å². The molecule has 0 fully saturated rings. The van der Waals surface area contributed by atoms with Gasteiger partial charge < -0.3 is 4.98 Å². The largest absolute Gasteiger partial charge is 0.360 e. The van der Waals surface area contributed by atoms with Gasteiger partial charge in [-0.05, 0) is 12.1 Å². The van der Waals surface area contributed by atoms with E-state index in [0.717, 1.165) is 12.3 Å². The zero-order chi connectivity index (χ0) is 12.8. The van der Waals surface area contributed by atoms with Crippen molar-refractivity contribution in [3.63, 3.8) is 0 Å². The molecule has 1 heterocycles. The first-order valence-corrected chi connectivity index (χ1v) is 6.68. The van der Waals surface area contributed by atoms with Crippen molar-refractivity contribution in [2.75, 3.05) is 0 Å². The molecule has 1 aromatic carbocycles. The zero-order valence-electron chi connectivity index (χ0n) is 8.20. The molecule has 0 spiro atoms. The first-order chi connectivity index (χ1) is 7.80. The summed E-state index contributed by atoms with van der Waals surface area (Å²) in [6.07, 6.45) is 0.950. The van der Waals surface area contributed by atoms with E-state index in [1.54, 1.807) is 0 Å². The zero-order valence-corrected chi connectivity index (χ0v) is 10.6. The number of hydrogen-bond acceptors (Lipinski definition) is 3. The Morgan fingerprint density at radius 2 is 2.00 bits per heavy atom. The lowest BCUT2D eigenvalue weighted by molar-refractivity contribution is 0.596. The molecule has 0 aliphatic carbocycles. The van der Waals surface area contributed by atoms with Crippen molar-refractivity contribution in [1.82, 2.24) is 4.98 Å². The molecule has 1 aromatic heterocycles. The van der Waals surface area contributed by atoms with Gasteiger partial charge in [-0.15, -0.1) is 0 Å². The second-order valence-electron chi connectivity index (χ2n) is 3.34. The number of aromatic nitrogens is 1. The average Bonchev–Trinajstić information content (AvgIpc) is 2.14. The summed E-state index contributed by atoms with van der Waals surface area (Å²) in [5, 5.41) is 4.52. The number of pyridine rings is 1. The minimum absolute atomic E-state index is 0.189. The summed E-state index contributed by atoms with van der Waals surface area (Å²) in [4.78, 5) is 13.6. The SMILES string of the molecule is NS(=O)(=O)c1c[nH]c2cc(Br)cc(F)c2c1=O. The van der Waals surface area contributed by atoms with Gasteiger partial charge in [0.15, 0.2) is 0 Å². The Kier molecular flexibility index (Phi) is 2.80. The maximum absolute atomic E-state index is 13.6. The third-order valence-corrected chi connectivity index (χ3v) is 3.55. The number of halogens is 2. The highest BCUT2D eigenvalue weighted by atomic mass is 79.9. The molecule has 0 aliphatic heterocycles. The minimum atomic E-state index is -4.17. The molecule has 2 rings (SSSR count). The lowest BCUT2D eigenvalue weighted by Gasteiger charge is -2.03. The summed E-state index contributed by atoms with van der Waals surface area (Å²) in [5.74, 6) is -0.818. The smallest absolute Gasteiger partial charge is 0.243 e. The molecule has 0 unspecified atom stereocenters. The van der Waals surface area contributed by atoms with Crippen molar-refractivity contribution < 1.29 is 12.8 Å². The highest BCUT2D eigenvalue weighted by Gasteiger charge is 2.17. The standard InChI is InChI=1S/C9H6BrFN2O3S/c10-4-1-5(11)8-6(2-4)13-3-7(9(8)14)17(12,15)16/h1-3H,(H,13,14)(H2,12,15,16). The van der Waals surface area contributed by atoms with E-state index in [9.17, 15) is 17.6 Å². The summed E-state index contributed by atoms with van der Waals surface area (Å²) < 4.78 is 36.2. The molecular weight excluding hydrogens is 315 g/mol. The summed E-state index contributed by atoms with van der Waals surface area (Å²) in [5.41, 5.74) is -0.763. The Labute approximate surface area is 104 Å². The molecule has 90 valence electrons. The van der Waals surface area contributed by atoms with Gasteiger partial charge in [0.1, 0.15) is 10.7 Å². The Morgan fingerprint density at radius 1 is 1.35 bits per heavy atom. The third kappa shape index (κ3) is 2.11. The average molecular weight is 321 g/mol. The van der Waals surface area contributed by atoms with Crippen molar-refractivity contribution in [3.8, 4) is 0 Å². The number of nitrogens with two attached hydrogens (primary N) is 1.